The smallest absolute Gasteiger partial charge is 0.242 e. The van der Waals surface area contributed by atoms with Gasteiger partial charge >= 0.3 is 0 Å². The van der Waals surface area contributed by atoms with Crippen LogP contribution in [0.2, 0.25) is 0 Å². The van der Waals surface area contributed by atoms with Crippen LogP contribution in [0.4, 0.5) is 0 Å². The summed E-state index contributed by atoms with van der Waals surface area (Å²) in [6.45, 7) is 3.28. The molecule has 2 aliphatic heterocycles. The average molecular weight is 243 g/mol. The molecule has 0 radical (unpaired) electrons. The number of amides is 1. The Hall–Kier alpha value is -0.690. The van der Waals surface area contributed by atoms with Crippen molar-refractivity contribution in [3.8, 4) is 0 Å². The van der Waals surface area contributed by atoms with Crippen LogP contribution in [0.5, 0.6) is 0 Å². The lowest BCUT2D eigenvalue weighted by atomic mass is 10.1. The maximum Gasteiger partial charge on any atom is 0.242 e. The van der Waals surface area contributed by atoms with Crippen molar-refractivity contribution >= 4 is 5.91 Å². The molecule has 6 heteroatoms. The minimum Gasteiger partial charge on any atom is -0.383 e. The zero-order valence-corrected chi connectivity index (χ0v) is 10.5. The molecule has 0 saturated carbocycles. The van der Waals surface area contributed by atoms with E-state index in [-0.39, 0.29) is 18.6 Å². The van der Waals surface area contributed by atoms with Crippen molar-refractivity contribution in [2.75, 3.05) is 47.0 Å². The highest BCUT2D eigenvalue weighted by Gasteiger charge is 2.41. The number of hydrogen-bond donors (Lipinski definition) is 1. The van der Waals surface area contributed by atoms with Crippen molar-refractivity contribution in [1.29, 1.82) is 0 Å². The maximum atomic E-state index is 12.0. The van der Waals surface area contributed by atoms with Gasteiger partial charge in [0.2, 0.25) is 5.91 Å². The van der Waals surface area contributed by atoms with Crippen LogP contribution in [-0.4, -0.2) is 80.9 Å². The Balaban J connectivity index is 1.94. The Morgan fingerprint density at radius 3 is 3.00 bits per heavy atom. The minimum atomic E-state index is -0.564. The number of nitrogens with two attached hydrogens (primary N) is 1. The summed E-state index contributed by atoms with van der Waals surface area (Å²) in [7, 11) is 3.62. The molecule has 0 aliphatic carbocycles. The summed E-state index contributed by atoms with van der Waals surface area (Å²) >= 11 is 0. The molecule has 2 rings (SSSR count). The van der Waals surface area contributed by atoms with Crippen molar-refractivity contribution in [2.45, 2.75) is 18.2 Å². The van der Waals surface area contributed by atoms with Crippen LogP contribution in [0, 0.1) is 0 Å². The molecule has 98 valence electrons. The quantitative estimate of drug-likeness (QED) is 0.653. The molecule has 2 saturated heterocycles. The van der Waals surface area contributed by atoms with E-state index in [0.29, 0.717) is 19.1 Å². The summed E-state index contributed by atoms with van der Waals surface area (Å²) in [4.78, 5) is 16.1. The molecule has 0 bridgehead atoms. The average Bonchev–Trinajstić information content (AvgIpc) is 2.73. The number of likely N-dealkylation sites (tertiary alicyclic amines) is 1. The van der Waals surface area contributed by atoms with Gasteiger partial charge in [0.25, 0.3) is 0 Å². The number of likely N-dealkylation sites (N-methyl/N-ethyl adjacent to an activating group) is 1. The lowest BCUT2D eigenvalue weighted by molar-refractivity contribution is -0.133. The van der Waals surface area contributed by atoms with Crippen LogP contribution < -0.4 is 5.73 Å². The molecule has 2 aliphatic rings. The molecular formula is C11H21N3O3. The van der Waals surface area contributed by atoms with Gasteiger partial charge in [-0.15, -0.1) is 0 Å². The zero-order valence-electron chi connectivity index (χ0n) is 10.5. The molecule has 0 aromatic heterocycles. The lowest BCUT2D eigenvalue weighted by Gasteiger charge is -2.33. The Bertz CT molecular complexity index is 287. The molecule has 0 aromatic rings. The van der Waals surface area contributed by atoms with Gasteiger partial charge in [-0.2, -0.15) is 0 Å². The predicted octanol–water partition coefficient (Wildman–Crippen LogP) is -1.50. The van der Waals surface area contributed by atoms with Crippen LogP contribution in [0.1, 0.15) is 0 Å². The van der Waals surface area contributed by atoms with Crippen molar-refractivity contribution in [3.63, 3.8) is 0 Å². The SMILES string of the molecule is COCC(N)C(=O)N1CC2OCCN(C)C2C1. The number of rotatable bonds is 3. The van der Waals surface area contributed by atoms with Crippen LogP contribution in [0.25, 0.3) is 0 Å². The molecule has 2 fully saturated rings. The van der Waals surface area contributed by atoms with Gasteiger partial charge in [0.1, 0.15) is 6.04 Å². The Kier molecular flexibility index (Phi) is 3.98. The first-order valence-electron chi connectivity index (χ1n) is 5.98. The van der Waals surface area contributed by atoms with Gasteiger partial charge in [0.15, 0.2) is 0 Å². The van der Waals surface area contributed by atoms with Crippen molar-refractivity contribution < 1.29 is 14.3 Å². The molecule has 1 amide bonds. The monoisotopic (exact) mass is 243 g/mol. The summed E-state index contributed by atoms with van der Waals surface area (Å²) in [5.74, 6) is -0.0433. The van der Waals surface area contributed by atoms with Crippen LogP contribution in [-0.2, 0) is 14.3 Å². The second-order valence-electron chi connectivity index (χ2n) is 4.76. The lowest BCUT2D eigenvalue weighted by Crippen LogP contribution is -2.48. The summed E-state index contributed by atoms with van der Waals surface area (Å²) in [5.41, 5.74) is 5.76. The van der Waals surface area contributed by atoms with E-state index in [2.05, 4.69) is 11.9 Å². The molecule has 3 atom stereocenters. The maximum absolute atomic E-state index is 12.0. The first kappa shape index (κ1) is 12.8. The fraction of sp³-hybridized carbons (Fsp3) is 0.909. The summed E-state index contributed by atoms with van der Waals surface area (Å²) in [5, 5.41) is 0. The van der Waals surface area contributed by atoms with Gasteiger partial charge in [-0.25, -0.2) is 0 Å². The van der Waals surface area contributed by atoms with Gasteiger partial charge < -0.3 is 20.1 Å². The first-order chi connectivity index (χ1) is 8.13. The fourth-order valence-corrected chi connectivity index (χ4v) is 2.52. The molecule has 2 N–H and O–H groups in total. The fourth-order valence-electron chi connectivity index (χ4n) is 2.52. The van der Waals surface area contributed by atoms with Gasteiger partial charge in [-0.3, -0.25) is 9.69 Å². The zero-order chi connectivity index (χ0) is 12.4. The Morgan fingerprint density at radius 1 is 1.59 bits per heavy atom. The van der Waals surface area contributed by atoms with Crippen LogP contribution >= 0.6 is 0 Å². The van der Waals surface area contributed by atoms with E-state index in [1.807, 2.05) is 0 Å². The van der Waals surface area contributed by atoms with E-state index in [1.54, 1.807) is 12.0 Å². The second-order valence-corrected chi connectivity index (χ2v) is 4.76. The third kappa shape index (κ3) is 2.60. The molecule has 0 spiro atoms. The van der Waals surface area contributed by atoms with Gasteiger partial charge in [-0.1, -0.05) is 0 Å². The van der Waals surface area contributed by atoms with Crippen molar-refractivity contribution in [3.05, 3.63) is 0 Å². The molecule has 3 unspecified atom stereocenters. The molecule has 17 heavy (non-hydrogen) atoms. The number of morpholine rings is 1. The number of nitrogens with zero attached hydrogens (tertiary/aromatic N) is 2. The van der Waals surface area contributed by atoms with E-state index in [0.717, 1.165) is 13.2 Å². The number of hydrogen-bond acceptors (Lipinski definition) is 5. The highest BCUT2D eigenvalue weighted by atomic mass is 16.5. The standard InChI is InChI=1S/C11H21N3O3/c1-13-3-4-17-10-6-14(5-9(10)13)11(15)8(12)7-16-2/h8-10H,3-7,12H2,1-2H3. The summed E-state index contributed by atoms with van der Waals surface area (Å²) in [6.07, 6.45) is 0.132. The summed E-state index contributed by atoms with van der Waals surface area (Å²) in [6, 6.07) is -0.257. The third-order valence-electron chi connectivity index (χ3n) is 3.55. The first-order valence-corrected chi connectivity index (χ1v) is 5.98. The predicted molar refractivity (Wildman–Crippen MR) is 62.6 cm³/mol. The largest absolute Gasteiger partial charge is 0.383 e. The van der Waals surface area contributed by atoms with E-state index >= 15 is 0 Å². The molecular weight excluding hydrogens is 222 g/mol. The number of carbonyl (C=O) groups is 1. The van der Waals surface area contributed by atoms with E-state index < -0.39 is 6.04 Å². The molecule has 0 aromatic carbocycles. The van der Waals surface area contributed by atoms with Crippen LogP contribution in [0.3, 0.4) is 0 Å². The number of methoxy groups -OCH3 is 1. The summed E-state index contributed by atoms with van der Waals surface area (Å²) < 4.78 is 10.6. The van der Waals surface area contributed by atoms with Crippen molar-refractivity contribution in [2.24, 2.45) is 5.73 Å². The van der Waals surface area contributed by atoms with Crippen LogP contribution in [0.15, 0.2) is 0 Å². The number of ether oxygens (including phenoxy) is 2. The van der Waals surface area contributed by atoms with Crippen molar-refractivity contribution in [1.82, 2.24) is 9.80 Å². The third-order valence-corrected chi connectivity index (χ3v) is 3.55. The Labute approximate surface area is 102 Å². The van der Waals surface area contributed by atoms with E-state index in [9.17, 15) is 4.79 Å². The van der Waals surface area contributed by atoms with Gasteiger partial charge in [-0.05, 0) is 7.05 Å². The van der Waals surface area contributed by atoms with Gasteiger partial charge in [0, 0.05) is 26.7 Å². The highest BCUT2D eigenvalue weighted by Crippen LogP contribution is 2.21. The van der Waals surface area contributed by atoms with Gasteiger partial charge in [0.05, 0.1) is 25.4 Å². The molecule has 2 heterocycles. The minimum absolute atomic E-state index is 0.0433. The van der Waals surface area contributed by atoms with E-state index in [4.69, 9.17) is 15.2 Å². The topological polar surface area (TPSA) is 68.0 Å². The molecule has 6 nitrogen and oxygen atoms in total. The number of carbonyl (C=O) groups excluding carboxylic acids is 1. The normalized spacial score (nSPS) is 31.4. The second kappa shape index (κ2) is 5.30. The number of fused-ring (bicyclic) bond motifs is 1. The van der Waals surface area contributed by atoms with E-state index in [1.165, 1.54) is 0 Å². The highest BCUT2D eigenvalue weighted by molar-refractivity contribution is 5.82. The Morgan fingerprint density at radius 2 is 2.35 bits per heavy atom.